The Hall–Kier alpha value is -2.28. The van der Waals surface area contributed by atoms with Crippen molar-refractivity contribution in [3.05, 3.63) is 24.3 Å². The third-order valence-electron chi connectivity index (χ3n) is 7.29. The number of amides is 3. The van der Waals surface area contributed by atoms with E-state index in [9.17, 15) is 14.7 Å². The number of aliphatic hydroxyl groups is 1. The molecule has 4 saturated heterocycles. The number of nitrogens with zero attached hydrogens (tertiary/aromatic N) is 3. The largest absolute Gasteiger partial charge is 0.393 e. The number of hydrogen-bond acceptors (Lipinski definition) is 4. The summed E-state index contributed by atoms with van der Waals surface area (Å²) in [6.45, 7) is 2.60. The second-order valence-electron chi connectivity index (χ2n) is 9.32. The van der Waals surface area contributed by atoms with Gasteiger partial charge < -0.3 is 25.1 Å². The van der Waals surface area contributed by atoms with E-state index in [-0.39, 0.29) is 36.2 Å². The highest BCUT2D eigenvalue weighted by molar-refractivity contribution is 5.95. The van der Waals surface area contributed by atoms with E-state index in [1.165, 1.54) is 0 Å². The quantitative estimate of drug-likeness (QED) is 0.800. The number of rotatable bonds is 3. The molecule has 4 atom stereocenters. The molecule has 30 heavy (non-hydrogen) atoms. The van der Waals surface area contributed by atoms with Crippen LogP contribution >= 0.6 is 0 Å². The maximum absolute atomic E-state index is 13.0. The van der Waals surface area contributed by atoms with Crippen LogP contribution in [0.2, 0.25) is 0 Å². The van der Waals surface area contributed by atoms with E-state index < -0.39 is 0 Å². The Balaban J connectivity index is 1.20. The Morgan fingerprint density at radius 2 is 1.67 bits per heavy atom. The van der Waals surface area contributed by atoms with E-state index in [2.05, 4.69) is 22.3 Å². The monoisotopic (exact) mass is 412 g/mol. The van der Waals surface area contributed by atoms with Crippen molar-refractivity contribution in [1.82, 2.24) is 10.2 Å². The molecule has 2 bridgehead atoms. The van der Waals surface area contributed by atoms with Gasteiger partial charge in [-0.15, -0.1) is 0 Å². The van der Waals surface area contributed by atoms with Gasteiger partial charge in [-0.25, -0.2) is 4.79 Å². The van der Waals surface area contributed by atoms with E-state index in [0.717, 1.165) is 63.1 Å². The van der Waals surface area contributed by atoms with E-state index in [4.69, 9.17) is 0 Å². The summed E-state index contributed by atoms with van der Waals surface area (Å²) in [6.07, 6.45) is 6.82. The Bertz CT molecular complexity index is 784. The van der Waals surface area contributed by atoms with Crippen LogP contribution in [0.25, 0.3) is 0 Å². The molecule has 4 heterocycles. The van der Waals surface area contributed by atoms with Crippen LogP contribution in [0, 0.1) is 0 Å². The predicted molar refractivity (Wildman–Crippen MR) is 116 cm³/mol. The van der Waals surface area contributed by atoms with Crippen molar-refractivity contribution in [2.75, 3.05) is 29.4 Å². The first kappa shape index (κ1) is 19.7. The lowest BCUT2D eigenvalue weighted by Crippen LogP contribution is -2.56. The minimum absolute atomic E-state index is 0.0455. The van der Waals surface area contributed by atoms with Gasteiger partial charge in [0, 0.05) is 55.6 Å². The smallest absolute Gasteiger partial charge is 0.318 e. The molecule has 4 fully saturated rings. The zero-order valence-corrected chi connectivity index (χ0v) is 17.5. The normalized spacial score (nSPS) is 31.4. The molecular formula is C23H32N4O3. The zero-order valence-electron chi connectivity index (χ0n) is 17.5. The molecule has 7 heteroatoms. The summed E-state index contributed by atoms with van der Waals surface area (Å²) in [5.74, 6) is 0.211. The maximum Gasteiger partial charge on any atom is 0.318 e. The molecule has 3 amide bonds. The number of aliphatic hydroxyl groups excluding tert-OH is 1. The van der Waals surface area contributed by atoms with Gasteiger partial charge in [0.25, 0.3) is 0 Å². The standard InChI is InChI=1S/C23H32N4O3/c28-21-13-19-9-10-20(14-21)27(19)23(30)24-16-3-1-11-25(15-16)17-5-7-18(8-6-17)26-12-2-4-22(26)29/h5-8,16,19-21,28H,1-4,9-15H2,(H,24,30)/t16-,19-,20+,21+/m0/s1. The van der Waals surface area contributed by atoms with Crippen LogP contribution in [0.5, 0.6) is 0 Å². The van der Waals surface area contributed by atoms with E-state index in [0.29, 0.717) is 19.3 Å². The number of hydrogen-bond donors (Lipinski definition) is 2. The number of carbonyl (C=O) groups excluding carboxylic acids is 2. The molecule has 5 rings (SSSR count). The molecule has 4 aliphatic heterocycles. The van der Waals surface area contributed by atoms with Crippen molar-refractivity contribution in [3.8, 4) is 0 Å². The first-order valence-electron chi connectivity index (χ1n) is 11.5. The molecule has 1 aromatic rings. The number of nitrogens with one attached hydrogen (secondary N) is 1. The molecule has 0 radical (unpaired) electrons. The Kier molecular flexibility index (Phi) is 5.31. The highest BCUT2D eigenvalue weighted by atomic mass is 16.3. The van der Waals surface area contributed by atoms with Crippen LogP contribution in [-0.2, 0) is 4.79 Å². The summed E-state index contributed by atoms with van der Waals surface area (Å²) >= 11 is 0. The summed E-state index contributed by atoms with van der Waals surface area (Å²) in [5, 5.41) is 13.3. The average Bonchev–Trinajstić information content (AvgIpc) is 3.29. The maximum atomic E-state index is 13.0. The van der Waals surface area contributed by atoms with Crippen molar-refractivity contribution in [2.45, 2.75) is 75.6 Å². The van der Waals surface area contributed by atoms with Crippen molar-refractivity contribution in [1.29, 1.82) is 0 Å². The van der Waals surface area contributed by atoms with Crippen molar-refractivity contribution >= 4 is 23.3 Å². The summed E-state index contributed by atoms with van der Waals surface area (Å²) in [5.41, 5.74) is 2.12. The fourth-order valence-corrected chi connectivity index (χ4v) is 5.82. The van der Waals surface area contributed by atoms with Crippen LogP contribution in [0.1, 0.15) is 51.4 Å². The van der Waals surface area contributed by atoms with E-state index in [1.54, 1.807) is 0 Å². The molecule has 0 unspecified atom stereocenters. The van der Waals surface area contributed by atoms with Crippen LogP contribution in [0.3, 0.4) is 0 Å². The summed E-state index contributed by atoms with van der Waals surface area (Å²) in [4.78, 5) is 31.1. The summed E-state index contributed by atoms with van der Waals surface area (Å²) in [6, 6.07) is 8.84. The molecule has 0 saturated carbocycles. The predicted octanol–water partition coefficient (Wildman–Crippen LogP) is 2.48. The molecule has 4 aliphatic rings. The van der Waals surface area contributed by atoms with Gasteiger partial charge in [-0.2, -0.15) is 0 Å². The minimum Gasteiger partial charge on any atom is -0.393 e. The SMILES string of the molecule is O=C1CCCN1c1ccc(N2CCC[C@H](NC(=O)N3[C@@H]4CC[C@H]3C[C@@H](O)C4)C2)cc1. The van der Waals surface area contributed by atoms with Crippen LogP contribution in [0.4, 0.5) is 16.2 Å². The molecule has 2 N–H and O–H groups in total. The number of urea groups is 1. The molecule has 1 aromatic carbocycles. The molecule has 0 aromatic heterocycles. The van der Waals surface area contributed by atoms with Gasteiger partial charge in [0.1, 0.15) is 0 Å². The molecule has 0 aliphatic carbocycles. The topological polar surface area (TPSA) is 76.1 Å². The third-order valence-corrected chi connectivity index (χ3v) is 7.29. The highest BCUT2D eigenvalue weighted by Gasteiger charge is 2.43. The highest BCUT2D eigenvalue weighted by Crippen LogP contribution is 2.36. The number of anilines is 2. The zero-order chi connectivity index (χ0) is 20.7. The first-order valence-corrected chi connectivity index (χ1v) is 11.5. The average molecular weight is 413 g/mol. The second-order valence-corrected chi connectivity index (χ2v) is 9.32. The lowest BCUT2D eigenvalue weighted by Gasteiger charge is -2.40. The van der Waals surface area contributed by atoms with Crippen LogP contribution < -0.4 is 15.1 Å². The Morgan fingerprint density at radius 3 is 2.33 bits per heavy atom. The van der Waals surface area contributed by atoms with Gasteiger partial charge in [-0.1, -0.05) is 0 Å². The number of benzene rings is 1. The Morgan fingerprint density at radius 1 is 0.967 bits per heavy atom. The third kappa shape index (κ3) is 3.75. The second kappa shape index (κ2) is 8.10. The lowest BCUT2D eigenvalue weighted by molar-refractivity contribution is -0.117. The van der Waals surface area contributed by atoms with Crippen molar-refractivity contribution in [3.63, 3.8) is 0 Å². The Labute approximate surface area is 178 Å². The molecular weight excluding hydrogens is 380 g/mol. The van der Waals surface area contributed by atoms with Crippen molar-refractivity contribution < 1.29 is 14.7 Å². The molecule has 7 nitrogen and oxygen atoms in total. The van der Waals surface area contributed by atoms with Crippen LogP contribution in [-0.4, -0.2) is 65.8 Å². The van der Waals surface area contributed by atoms with Gasteiger partial charge in [-0.3, -0.25) is 4.79 Å². The van der Waals surface area contributed by atoms with E-state index in [1.807, 2.05) is 21.9 Å². The van der Waals surface area contributed by atoms with Gasteiger partial charge in [0.05, 0.1) is 6.10 Å². The number of fused-ring (bicyclic) bond motifs is 2. The summed E-state index contributed by atoms with van der Waals surface area (Å²) < 4.78 is 0. The first-order chi connectivity index (χ1) is 14.6. The van der Waals surface area contributed by atoms with Gasteiger partial charge >= 0.3 is 6.03 Å². The minimum atomic E-state index is -0.254. The molecule has 162 valence electrons. The summed E-state index contributed by atoms with van der Waals surface area (Å²) in [7, 11) is 0. The fraction of sp³-hybridized carbons (Fsp3) is 0.652. The number of carbonyl (C=O) groups is 2. The van der Waals surface area contributed by atoms with E-state index >= 15 is 0 Å². The van der Waals surface area contributed by atoms with Gasteiger partial charge in [-0.05, 0) is 69.2 Å². The van der Waals surface area contributed by atoms with Crippen LogP contribution in [0.15, 0.2) is 24.3 Å². The molecule has 0 spiro atoms. The van der Waals surface area contributed by atoms with Gasteiger partial charge in [0.15, 0.2) is 0 Å². The van der Waals surface area contributed by atoms with Crippen molar-refractivity contribution in [2.24, 2.45) is 0 Å². The van der Waals surface area contributed by atoms with Gasteiger partial charge in [0.2, 0.25) is 5.91 Å². The fourth-order valence-electron chi connectivity index (χ4n) is 5.82. The number of piperidine rings is 2. The lowest BCUT2D eigenvalue weighted by atomic mass is 10.00.